The van der Waals surface area contributed by atoms with Gasteiger partial charge in [-0.2, -0.15) is 0 Å². The highest BCUT2D eigenvalue weighted by Crippen LogP contribution is 2.22. The lowest BCUT2D eigenvalue weighted by molar-refractivity contribution is 0.0951. The maximum atomic E-state index is 12.3. The van der Waals surface area contributed by atoms with Crippen molar-refractivity contribution in [3.8, 4) is 11.5 Å². The van der Waals surface area contributed by atoms with Crippen molar-refractivity contribution in [2.24, 2.45) is 0 Å². The molecule has 0 aliphatic carbocycles. The van der Waals surface area contributed by atoms with Crippen LogP contribution in [-0.2, 0) is 13.0 Å². The number of nitrogens with zero attached hydrogens (tertiary/aromatic N) is 1. The highest BCUT2D eigenvalue weighted by Gasteiger charge is 2.10. The average Bonchev–Trinajstić information content (AvgIpc) is 2.72. The second kappa shape index (κ2) is 9.73. The summed E-state index contributed by atoms with van der Waals surface area (Å²) in [4.78, 5) is 16.4. The molecule has 5 nitrogen and oxygen atoms in total. The molecule has 5 heteroatoms. The van der Waals surface area contributed by atoms with E-state index in [2.05, 4.69) is 29.4 Å². The van der Waals surface area contributed by atoms with Crippen molar-refractivity contribution < 1.29 is 9.53 Å². The number of carbonyl (C=O) groups is 1. The number of pyridine rings is 1. The zero-order valence-corrected chi connectivity index (χ0v) is 16.9. The third-order valence-electron chi connectivity index (χ3n) is 4.66. The number of rotatable bonds is 8. The number of aromatic nitrogens is 1. The Balaban J connectivity index is 1.54. The summed E-state index contributed by atoms with van der Waals surface area (Å²) < 4.78 is 5.90. The predicted molar refractivity (Wildman–Crippen MR) is 116 cm³/mol. The SMILES string of the molecule is CCCCc1ccc(Oc2ccc(CNC(=O)c3ccc(C)nc3N)cc2)cc1. The highest BCUT2D eigenvalue weighted by molar-refractivity contribution is 5.98. The van der Waals surface area contributed by atoms with Gasteiger partial charge in [0.25, 0.3) is 5.91 Å². The molecule has 0 atom stereocenters. The Hall–Kier alpha value is -3.34. The number of ether oxygens (including phenoxy) is 1. The number of hydrogen-bond acceptors (Lipinski definition) is 4. The number of hydrogen-bond donors (Lipinski definition) is 2. The van der Waals surface area contributed by atoms with Gasteiger partial charge in [-0.1, -0.05) is 37.6 Å². The minimum absolute atomic E-state index is 0.238. The number of nitrogens with one attached hydrogen (secondary N) is 1. The molecule has 0 aliphatic rings. The number of amides is 1. The molecular weight excluding hydrogens is 362 g/mol. The van der Waals surface area contributed by atoms with Crippen LogP contribution in [0.3, 0.4) is 0 Å². The van der Waals surface area contributed by atoms with Gasteiger partial charge < -0.3 is 15.8 Å². The van der Waals surface area contributed by atoms with Gasteiger partial charge in [0, 0.05) is 12.2 Å². The fourth-order valence-corrected chi connectivity index (χ4v) is 2.96. The molecule has 3 aromatic rings. The van der Waals surface area contributed by atoms with E-state index >= 15 is 0 Å². The number of carbonyl (C=O) groups excluding carboxylic acids is 1. The number of nitrogen functional groups attached to an aromatic ring is 1. The summed E-state index contributed by atoms with van der Waals surface area (Å²) in [6.07, 6.45) is 3.49. The van der Waals surface area contributed by atoms with Crippen LogP contribution in [0.25, 0.3) is 0 Å². The van der Waals surface area contributed by atoms with E-state index in [9.17, 15) is 4.79 Å². The summed E-state index contributed by atoms with van der Waals surface area (Å²) in [5.74, 6) is 1.58. The Bertz CT molecular complexity index is 951. The molecule has 0 spiro atoms. The van der Waals surface area contributed by atoms with E-state index in [4.69, 9.17) is 10.5 Å². The molecule has 0 unspecified atom stereocenters. The third-order valence-corrected chi connectivity index (χ3v) is 4.66. The lowest BCUT2D eigenvalue weighted by Crippen LogP contribution is -2.24. The minimum Gasteiger partial charge on any atom is -0.457 e. The molecule has 1 aromatic heterocycles. The predicted octanol–water partition coefficient (Wildman–Crippen LogP) is 5.04. The van der Waals surface area contributed by atoms with Crippen molar-refractivity contribution in [3.05, 3.63) is 83.0 Å². The van der Waals surface area contributed by atoms with Crippen LogP contribution in [-0.4, -0.2) is 10.9 Å². The van der Waals surface area contributed by atoms with Crippen LogP contribution >= 0.6 is 0 Å². The summed E-state index contributed by atoms with van der Waals surface area (Å²) in [7, 11) is 0. The van der Waals surface area contributed by atoms with Crippen molar-refractivity contribution in [3.63, 3.8) is 0 Å². The van der Waals surface area contributed by atoms with E-state index in [0.717, 1.165) is 29.2 Å². The second-order valence-electron chi connectivity index (χ2n) is 7.06. The summed E-state index contributed by atoms with van der Waals surface area (Å²) >= 11 is 0. The van der Waals surface area contributed by atoms with Crippen LogP contribution in [0.15, 0.2) is 60.7 Å². The molecule has 3 rings (SSSR count). The Morgan fingerprint density at radius 2 is 1.59 bits per heavy atom. The zero-order valence-electron chi connectivity index (χ0n) is 16.9. The lowest BCUT2D eigenvalue weighted by atomic mass is 10.1. The number of benzene rings is 2. The van der Waals surface area contributed by atoms with Gasteiger partial charge in [-0.3, -0.25) is 4.79 Å². The van der Waals surface area contributed by atoms with E-state index in [-0.39, 0.29) is 11.7 Å². The number of unbranched alkanes of at least 4 members (excludes halogenated alkanes) is 1. The van der Waals surface area contributed by atoms with Gasteiger partial charge in [-0.05, 0) is 67.3 Å². The topological polar surface area (TPSA) is 77.2 Å². The summed E-state index contributed by atoms with van der Waals surface area (Å²) in [6.45, 7) is 4.43. The normalized spacial score (nSPS) is 10.6. The largest absolute Gasteiger partial charge is 0.457 e. The van der Waals surface area contributed by atoms with Gasteiger partial charge in [0.1, 0.15) is 17.3 Å². The quantitative estimate of drug-likeness (QED) is 0.566. The summed E-state index contributed by atoms with van der Waals surface area (Å²) in [5, 5.41) is 2.87. The smallest absolute Gasteiger partial charge is 0.255 e. The molecule has 0 radical (unpaired) electrons. The minimum atomic E-state index is -0.238. The third kappa shape index (κ3) is 5.82. The van der Waals surface area contributed by atoms with Crippen LogP contribution < -0.4 is 15.8 Å². The molecule has 1 amide bonds. The zero-order chi connectivity index (χ0) is 20.6. The van der Waals surface area contributed by atoms with E-state index in [0.29, 0.717) is 12.1 Å². The molecule has 29 heavy (non-hydrogen) atoms. The fourth-order valence-electron chi connectivity index (χ4n) is 2.96. The molecule has 3 N–H and O–H groups in total. The Kier molecular flexibility index (Phi) is 6.85. The van der Waals surface area contributed by atoms with Crippen LogP contribution in [0.4, 0.5) is 5.82 Å². The summed E-state index contributed by atoms with van der Waals surface area (Å²) in [5.41, 5.74) is 9.30. The van der Waals surface area contributed by atoms with Crippen LogP contribution in [0.5, 0.6) is 11.5 Å². The first-order valence-electron chi connectivity index (χ1n) is 9.92. The Morgan fingerprint density at radius 3 is 2.17 bits per heavy atom. The molecule has 0 saturated heterocycles. The lowest BCUT2D eigenvalue weighted by Gasteiger charge is -2.09. The Morgan fingerprint density at radius 1 is 0.966 bits per heavy atom. The van der Waals surface area contributed by atoms with Crippen molar-refractivity contribution in [2.75, 3.05) is 5.73 Å². The van der Waals surface area contributed by atoms with E-state index in [1.807, 2.05) is 43.3 Å². The van der Waals surface area contributed by atoms with Crippen LogP contribution in [0.1, 0.15) is 46.9 Å². The van der Waals surface area contributed by atoms with Crippen LogP contribution in [0.2, 0.25) is 0 Å². The number of aryl methyl sites for hydroxylation is 2. The van der Waals surface area contributed by atoms with Gasteiger partial charge in [-0.15, -0.1) is 0 Å². The Labute approximate surface area is 171 Å². The van der Waals surface area contributed by atoms with Gasteiger partial charge >= 0.3 is 0 Å². The van der Waals surface area contributed by atoms with Gasteiger partial charge in [0.05, 0.1) is 5.56 Å². The fraction of sp³-hybridized carbons (Fsp3) is 0.250. The van der Waals surface area contributed by atoms with Crippen molar-refractivity contribution in [2.45, 2.75) is 39.7 Å². The van der Waals surface area contributed by atoms with E-state index < -0.39 is 0 Å². The second-order valence-corrected chi connectivity index (χ2v) is 7.06. The molecule has 150 valence electrons. The molecule has 0 saturated carbocycles. The monoisotopic (exact) mass is 389 g/mol. The van der Waals surface area contributed by atoms with Gasteiger partial charge in [0.2, 0.25) is 0 Å². The van der Waals surface area contributed by atoms with Gasteiger partial charge in [0.15, 0.2) is 0 Å². The molecule has 2 aromatic carbocycles. The first-order valence-corrected chi connectivity index (χ1v) is 9.92. The molecule has 0 fully saturated rings. The van der Waals surface area contributed by atoms with E-state index in [1.54, 1.807) is 12.1 Å². The maximum absolute atomic E-state index is 12.3. The number of nitrogens with two attached hydrogens (primary N) is 1. The van der Waals surface area contributed by atoms with Crippen molar-refractivity contribution in [1.29, 1.82) is 0 Å². The van der Waals surface area contributed by atoms with Crippen molar-refractivity contribution >= 4 is 11.7 Å². The molecule has 0 aliphatic heterocycles. The first kappa shape index (κ1) is 20.4. The highest BCUT2D eigenvalue weighted by atomic mass is 16.5. The maximum Gasteiger partial charge on any atom is 0.255 e. The summed E-state index contributed by atoms with van der Waals surface area (Å²) in [6, 6.07) is 19.3. The van der Waals surface area contributed by atoms with Gasteiger partial charge in [-0.25, -0.2) is 4.98 Å². The van der Waals surface area contributed by atoms with Crippen LogP contribution in [0, 0.1) is 6.92 Å². The molecular formula is C24H27N3O2. The first-order chi connectivity index (χ1) is 14.0. The molecule has 0 bridgehead atoms. The average molecular weight is 389 g/mol. The number of anilines is 1. The van der Waals surface area contributed by atoms with E-state index in [1.165, 1.54) is 18.4 Å². The van der Waals surface area contributed by atoms with Crippen molar-refractivity contribution in [1.82, 2.24) is 10.3 Å². The molecule has 1 heterocycles. The standard InChI is InChI=1S/C24H27N3O2/c1-3-4-5-18-7-11-20(12-8-18)29-21-13-9-19(10-14-21)16-26-24(28)22-15-6-17(2)27-23(22)25/h6-15H,3-5,16H2,1-2H3,(H2,25,27)(H,26,28).